The number of rotatable bonds is 9. The van der Waals surface area contributed by atoms with Crippen LogP contribution in [-0.4, -0.2) is 74.6 Å². The summed E-state index contributed by atoms with van der Waals surface area (Å²) in [7, 11) is 1.59. The number of nitrogens with one attached hydrogen (secondary N) is 1. The highest BCUT2D eigenvalue weighted by Gasteiger charge is 2.20. The van der Waals surface area contributed by atoms with Gasteiger partial charge in [0.1, 0.15) is 11.5 Å². The fraction of sp³-hybridized carbons (Fsp3) is 0.333. The molecule has 1 aliphatic rings. The SMILES string of the molecule is COc1ccc(OCC(=O)NCC(=O)N2CCN(C/C=C/c3ccccc3)CC2)cc1. The lowest BCUT2D eigenvalue weighted by atomic mass is 10.2. The van der Waals surface area contributed by atoms with E-state index in [2.05, 4.69) is 34.5 Å². The van der Waals surface area contributed by atoms with Crippen molar-refractivity contribution in [1.82, 2.24) is 15.1 Å². The summed E-state index contributed by atoms with van der Waals surface area (Å²) >= 11 is 0. The topological polar surface area (TPSA) is 71.1 Å². The molecule has 1 heterocycles. The standard InChI is InChI=1S/C24H29N3O4/c1-30-21-9-11-22(12-10-21)31-19-23(28)25-18-24(29)27-16-14-26(15-17-27)13-5-8-20-6-3-2-4-7-20/h2-12H,13-19H2,1H3,(H,25,28)/b8-5+. The van der Waals surface area contributed by atoms with Gasteiger partial charge in [0.25, 0.3) is 5.91 Å². The minimum atomic E-state index is -0.325. The van der Waals surface area contributed by atoms with Crippen molar-refractivity contribution in [3.8, 4) is 11.5 Å². The molecule has 2 aromatic rings. The van der Waals surface area contributed by atoms with Gasteiger partial charge in [-0.25, -0.2) is 0 Å². The van der Waals surface area contributed by atoms with Gasteiger partial charge in [-0.3, -0.25) is 14.5 Å². The Morgan fingerprint density at radius 3 is 2.32 bits per heavy atom. The molecule has 3 rings (SSSR count). The molecule has 0 radical (unpaired) electrons. The van der Waals surface area contributed by atoms with Gasteiger partial charge in [-0.05, 0) is 29.8 Å². The van der Waals surface area contributed by atoms with E-state index in [0.29, 0.717) is 18.8 Å². The molecule has 164 valence electrons. The molecule has 0 spiro atoms. The highest BCUT2D eigenvalue weighted by atomic mass is 16.5. The number of benzene rings is 2. The van der Waals surface area contributed by atoms with Crippen LogP contribution in [0.4, 0.5) is 0 Å². The van der Waals surface area contributed by atoms with Crippen LogP contribution in [0.1, 0.15) is 5.56 Å². The summed E-state index contributed by atoms with van der Waals surface area (Å²) in [5.41, 5.74) is 1.18. The maximum Gasteiger partial charge on any atom is 0.258 e. The first-order valence-corrected chi connectivity index (χ1v) is 10.4. The number of piperazine rings is 1. The zero-order chi connectivity index (χ0) is 21.9. The Labute approximate surface area is 183 Å². The first-order chi connectivity index (χ1) is 15.1. The first kappa shape index (κ1) is 22.4. The predicted octanol–water partition coefficient (Wildman–Crippen LogP) is 2.05. The van der Waals surface area contributed by atoms with E-state index in [0.717, 1.165) is 25.4 Å². The zero-order valence-corrected chi connectivity index (χ0v) is 17.8. The normalized spacial score (nSPS) is 14.4. The summed E-state index contributed by atoms with van der Waals surface area (Å²) in [5, 5.41) is 2.63. The number of hydrogen-bond acceptors (Lipinski definition) is 5. The molecule has 2 aromatic carbocycles. The van der Waals surface area contributed by atoms with E-state index in [9.17, 15) is 9.59 Å². The summed E-state index contributed by atoms with van der Waals surface area (Å²) in [6.07, 6.45) is 4.26. The molecule has 0 aromatic heterocycles. The molecule has 0 bridgehead atoms. The Bertz CT molecular complexity index is 860. The molecule has 0 saturated carbocycles. The van der Waals surface area contributed by atoms with Gasteiger partial charge < -0.3 is 19.7 Å². The van der Waals surface area contributed by atoms with E-state index in [1.165, 1.54) is 5.56 Å². The van der Waals surface area contributed by atoms with Crippen molar-refractivity contribution in [3.63, 3.8) is 0 Å². The van der Waals surface area contributed by atoms with Crippen molar-refractivity contribution in [2.24, 2.45) is 0 Å². The third-order valence-corrected chi connectivity index (χ3v) is 5.06. The third kappa shape index (κ3) is 7.46. The van der Waals surface area contributed by atoms with Gasteiger partial charge >= 0.3 is 0 Å². The van der Waals surface area contributed by atoms with Crippen molar-refractivity contribution in [2.45, 2.75) is 0 Å². The Morgan fingerprint density at radius 2 is 1.65 bits per heavy atom. The van der Waals surface area contributed by atoms with E-state index in [1.807, 2.05) is 18.2 Å². The molecule has 2 amide bonds. The van der Waals surface area contributed by atoms with E-state index < -0.39 is 0 Å². The van der Waals surface area contributed by atoms with E-state index >= 15 is 0 Å². The van der Waals surface area contributed by atoms with Gasteiger partial charge in [0, 0.05) is 32.7 Å². The fourth-order valence-electron chi connectivity index (χ4n) is 3.24. The van der Waals surface area contributed by atoms with Gasteiger partial charge in [-0.15, -0.1) is 0 Å². The summed E-state index contributed by atoms with van der Waals surface area (Å²) in [6.45, 7) is 3.67. The van der Waals surface area contributed by atoms with Gasteiger partial charge in [0.05, 0.1) is 13.7 Å². The predicted molar refractivity (Wildman–Crippen MR) is 120 cm³/mol. The molecule has 31 heavy (non-hydrogen) atoms. The number of methoxy groups -OCH3 is 1. The second kappa shape index (κ2) is 11.8. The summed E-state index contributed by atoms with van der Waals surface area (Å²) in [4.78, 5) is 28.4. The van der Waals surface area contributed by atoms with Crippen LogP contribution in [0, 0.1) is 0 Å². The van der Waals surface area contributed by atoms with Crippen molar-refractivity contribution < 1.29 is 19.1 Å². The van der Waals surface area contributed by atoms with E-state index in [-0.39, 0.29) is 25.0 Å². The van der Waals surface area contributed by atoms with E-state index in [4.69, 9.17) is 9.47 Å². The molecule has 1 saturated heterocycles. The van der Waals surface area contributed by atoms with Crippen molar-refractivity contribution in [2.75, 3.05) is 53.0 Å². The largest absolute Gasteiger partial charge is 0.497 e. The van der Waals surface area contributed by atoms with Gasteiger partial charge in [0.2, 0.25) is 5.91 Å². The van der Waals surface area contributed by atoms with Crippen LogP contribution >= 0.6 is 0 Å². The van der Waals surface area contributed by atoms with Gasteiger partial charge in [-0.2, -0.15) is 0 Å². The number of nitrogens with zero attached hydrogens (tertiary/aromatic N) is 2. The van der Waals surface area contributed by atoms with Crippen molar-refractivity contribution in [3.05, 3.63) is 66.2 Å². The Hall–Kier alpha value is -3.32. The number of hydrogen-bond donors (Lipinski definition) is 1. The smallest absolute Gasteiger partial charge is 0.258 e. The minimum absolute atomic E-state index is 0.0152. The lowest BCUT2D eigenvalue weighted by molar-refractivity contribution is -0.134. The minimum Gasteiger partial charge on any atom is -0.497 e. The van der Waals surface area contributed by atoms with Crippen LogP contribution in [-0.2, 0) is 9.59 Å². The molecular formula is C24H29N3O4. The average molecular weight is 424 g/mol. The van der Waals surface area contributed by atoms with Gasteiger partial charge in [0.15, 0.2) is 6.61 Å². The number of amides is 2. The quantitative estimate of drug-likeness (QED) is 0.669. The van der Waals surface area contributed by atoms with Crippen LogP contribution in [0.15, 0.2) is 60.7 Å². The molecule has 7 nitrogen and oxygen atoms in total. The van der Waals surface area contributed by atoms with E-state index in [1.54, 1.807) is 36.3 Å². The number of carbonyl (C=O) groups excluding carboxylic acids is 2. The lowest BCUT2D eigenvalue weighted by Gasteiger charge is -2.34. The lowest BCUT2D eigenvalue weighted by Crippen LogP contribution is -2.51. The summed E-state index contributed by atoms with van der Waals surface area (Å²) in [5.74, 6) is 0.889. The monoisotopic (exact) mass is 423 g/mol. The molecular weight excluding hydrogens is 394 g/mol. The highest BCUT2D eigenvalue weighted by molar-refractivity contribution is 5.85. The zero-order valence-electron chi connectivity index (χ0n) is 17.8. The molecule has 1 aliphatic heterocycles. The van der Waals surface area contributed by atoms with Gasteiger partial charge in [-0.1, -0.05) is 42.5 Å². The third-order valence-electron chi connectivity index (χ3n) is 5.06. The number of ether oxygens (including phenoxy) is 2. The summed E-state index contributed by atoms with van der Waals surface area (Å²) < 4.78 is 10.5. The molecule has 0 aliphatic carbocycles. The second-order valence-corrected chi connectivity index (χ2v) is 7.24. The number of carbonyl (C=O) groups is 2. The maximum atomic E-state index is 12.4. The maximum absolute atomic E-state index is 12.4. The molecule has 1 N–H and O–H groups in total. The Balaban J connectivity index is 1.31. The molecule has 7 heteroatoms. The van der Waals surface area contributed by atoms with Crippen LogP contribution in [0.5, 0.6) is 11.5 Å². The van der Waals surface area contributed by atoms with Crippen LogP contribution in [0.2, 0.25) is 0 Å². The highest BCUT2D eigenvalue weighted by Crippen LogP contribution is 2.16. The fourth-order valence-corrected chi connectivity index (χ4v) is 3.24. The second-order valence-electron chi connectivity index (χ2n) is 7.24. The Kier molecular flexibility index (Phi) is 8.48. The molecule has 1 fully saturated rings. The van der Waals surface area contributed by atoms with Crippen molar-refractivity contribution in [1.29, 1.82) is 0 Å². The first-order valence-electron chi connectivity index (χ1n) is 10.4. The average Bonchev–Trinajstić information content (AvgIpc) is 2.82. The van der Waals surface area contributed by atoms with Crippen LogP contribution in [0.25, 0.3) is 6.08 Å². The summed E-state index contributed by atoms with van der Waals surface area (Å²) in [6, 6.07) is 17.2. The molecule has 0 unspecified atom stereocenters. The van der Waals surface area contributed by atoms with Crippen LogP contribution < -0.4 is 14.8 Å². The Morgan fingerprint density at radius 1 is 0.968 bits per heavy atom. The molecule has 0 atom stereocenters. The van der Waals surface area contributed by atoms with Crippen LogP contribution in [0.3, 0.4) is 0 Å². The van der Waals surface area contributed by atoms with Crippen molar-refractivity contribution >= 4 is 17.9 Å².